The molecule has 0 spiro atoms. The molecule has 1 aliphatic rings. The fourth-order valence-corrected chi connectivity index (χ4v) is 2.76. The van der Waals surface area contributed by atoms with Crippen molar-refractivity contribution in [3.8, 4) is 22.7 Å². The highest BCUT2D eigenvalue weighted by molar-refractivity contribution is 5.80. The van der Waals surface area contributed by atoms with Crippen molar-refractivity contribution < 1.29 is 4.42 Å². The van der Waals surface area contributed by atoms with Gasteiger partial charge in [-0.15, -0.1) is 0 Å². The summed E-state index contributed by atoms with van der Waals surface area (Å²) in [4.78, 5) is 8.80. The van der Waals surface area contributed by atoms with Crippen molar-refractivity contribution in [2.24, 2.45) is 0 Å². The first-order valence-electron chi connectivity index (χ1n) is 6.52. The van der Waals surface area contributed by atoms with Gasteiger partial charge in [0.25, 0.3) is 0 Å². The van der Waals surface area contributed by atoms with E-state index in [9.17, 15) is 0 Å². The van der Waals surface area contributed by atoms with E-state index in [1.165, 1.54) is 11.1 Å². The SMILES string of the molecule is Cc1ccc2c(c1)-c1nc(N)nc(-c3ccco3)c1C2. The first kappa shape index (κ1) is 11.2. The van der Waals surface area contributed by atoms with Crippen LogP contribution in [0.1, 0.15) is 16.7 Å². The lowest BCUT2D eigenvalue weighted by Crippen LogP contribution is -2.01. The highest BCUT2D eigenvalue weighted by Crippen LogP contribution is 2.40. The van der Waals surface area contributed by atoms with E-state index in [2.05, 4.69) is 35.1 Å². The minimum Gasteiger partial charge on any atom is -0.463 e. The molecular weight excluding hydrogens is 250 g/mol. The lowest BCUT2D eigenvalue weighted by Gasteiger charge is -2.06. The van der Waals surface area contributed by atoms with E-state index < -0.39 is 0 Å². The largest absolute Gasteiger partial charge is 0.463 e. The quantitative estimate of drug-likeness (QED) is 0.572. The maximum Gasteiger partial charge on any atom is 0.221 e. The van der Waals surface area contributed by atoms with Gasteiger partial charge < -0.3 is 10.2 Å². The molecule has 0 saturated heterocycles. The summed E-state index contributed by atoms with van der Waals surface area (Å²) in [7, 11) is 0. The van der Waals surface area contributed by atoms with Crippen LogP contribution in [-0.2, 0) is 6.42 Å². The van der Waals surface area contributed by atoms with Crippen molar-refractivity contribution >= 4 is 5.95 Å². The summed E-state index contributed by atoms with van der Waals surface area (Å²) in [6.45, 7) is 2.08. The number of hydrogen-bond donors (Lipinski definition) is 1. The molecule has 1 aliphatic carbocycles. The number of nitrogens with zero attached hydrogens (tertiary/aromatic N) is 2. The summed E-state index contributed by atoms with van der Waals surface area (Å²) in [5.41, 5.74) is 12.3. The Balaban J connectivity index is 2.00. The number of rotatable bonds is 1. The van der Waals surface area contributed by atoms with Crippen LogP contribution in [-0.4, -0.2) is 9.97 Å². The molecule has 0 fully saturated rings. The molecule has 2 N–H and O–H groups in total. The van der Waals surface area contributed by atoms with Gasteiger partial charge in [-0.05, 0) is 30.7 Å². The van der Waals surface area contributed by atoms with Crippen LogP contribution in [0.3, 0.4) is 0 Å². The molecule has 0 amide bonds. The molecule has 0 atom stereocenters. The van der Waals surface area contributed by atoms with Gasteiger partial charge in [-0.25, -0.2) is 9.97 Å². The number of furan rings is 1. The molecule has 0 saturated carbocycles. The lowest BCUT2D eigenvalue weighted by molar-refractivity contribution is 0.579. The van der Waals surface area contributed by atoms with E-state index in [0.29, 0.717) is 0 Å². The Morgan fingerprint density at radius 3 is 2.80 bits per heavy atom. The highest BCUT2D eigenvalue weighted by atomic mass is 16.3. The second-order valence-corrected chi connectivity index (χ2v) is 5.07. The number of aryl methyl sites for hydroxylation is 1. The molecule has 0 unspecified atom stereocenters. The summed E-state index contributed by atoms with van der Waals surface area (Å²) in [5.74, 6) is 1.02. The van der Waals surface area contributed by atoms with Crippen LogP contribution in [0.15, 0.2) is 41.0 Å². The molecule has 4 rings (SSSR count). The molecule has 98 valence electrons. The van der Waals surface area contributed by atoms with Crippen molar-refractivity contribution in [1.82, 2.24) is 9.97 Å². The fraction of sp³-hybridized carbons (Fsp3) is 0.125. The van der Waals surface area contributed by atoms with E-state index in [4.69, 9.17) is 10.2 Å². The van der Waals surface area contributed by atoms with Crippen molar-refractivity contribution in [2.75, 3.05) is 5.73 Å². The third-order valence-corrected chi connectivity index (χ3v) is 3.67. The van der Waals surface area contributed by atoms with Crippen molar-refractivity contribution in [3.05, 3.63) is 53.3 Å². The van der Waals surface area contributed by atoms with E-state index in [1.807, 2.05) is 12.1 Å². The Morgan fingerprint density at radius 2 is 2.00 bits per heavy atom. The molecule has 20 heavy (non-hydrogen) atoms. The Morgan fingerprint density at radius 1 is 1.15 bits per heavy atom. The molecule has 0 aliphatic heterocycles. The molecule has 0 bridgehead atoms. The topological polar surface area (TPSA) is 64.9 Å². The normalized spacial score (nSPS) is 12.2. The predicted molar refractivity (Wildman–Crippen MR) is 77.1 cm³/mol. The monoisotopic (exact) mass is 263 g/mol. The van der Waals surface area contributed by atoms with Crippen LogP contribution in [0.2, 0.25) is 0 Å². The third kappa shape index (κ3) is 1.54. The van der Waals surface area contributed by atoms with Gasteiger partial charge in [0.2, 0.25) is 5.95 Å². The highest BCUT2D eigenvalue weighted by Gasteiger charge is 2.25. The summed E-state index contributed by atoms with van der Waals surface area (Å²) in [6, 6.07) is 10.2. The average Bonchev–Trinajstić information content (AvgIpc) is 3.05. The molecule has 1 aromatic carbocycles. The molecule has 2 heterocycles. The number of benzene rings is 1. The maximum absolute atomic E-state index is 5.87. The maximum atomic E-state index is 5.87. The van der Waals surface area contributed by atoms with Crippen LogP contribution in [0.25, 0.3) is 22.7 Å². The zero-order chi connectivity index (χ0) is 13.7. The van der Waals surface area contributed by atoms with Crippen LogP contribution in [0.4, 0.5) is 5.95 Å². The van der Waals surface area contributed by atoms with Crippen LogP contribution < -0.4 is 5.73 Å². The van der Waals surface area contributed by atoms with E-state index >= 15 is 0 Å². The summed E-state index contributed by atoms with van der Waals surface area (Å²) in [6.07, 6.45) is 2.47. The summed E-state index contributed by atoms with van der Waals surface area (Å²) < 4.78 is 5.48. The van der Waals surface area contributed by atoms with Gasteiger partial charge in [-0.1, -0.05) is 17.7 Å². The lowest BCUT2D eigenvalue weighted by atomic mass is 10.1. The van der Waals surface area contributed by atoms with Crippen LogP contribution >= 0.6 is 0 Å². The minimum atomic E-state index is 0.282. The van der Waals surface area contributed by atoms with Gasteiger partial charge in [-0.2, -0.15) is 0 Å². The Labute approximate surface area is 116 Å². The van der Waals surface area contributed by atoms with E-state index in [1.54, 1.807) is 6.26 Å². The van der Waals surface area contributed by atoms with Crippen molar-refractivity contribution in [2.45, 2.75) is 13.3 Å². The second kappa shape index (κ2) is 3.93. The number of nitrogens with two attached hydrogens (primary N) is 1. The molecule has 0 radical (unpaired) electrons. The van der Waals surface area contributed by atoms with Crippen LogP contribution in [0, 0.1) is 6.92 Å². The van der Waals surface area contributed by atoms with E-state index in [0.717, 1.165) is 34.7 Å². The number of nitrogen functional groups attached to an aromatic ring is 1. The standard InChI is InChI=1S/C16H13N3O/c1-9-4-5-10-8-12-14(11(10)7-9)18-16(17)19-15(12)13-3-2-6-20-13/h2-7H,8H2,1H3,(H2,17,18,19). The Bertz CT molecular complexity index is 807. The molecule has 3 aromatic rings. The summed E-state index contributed by atoms with van der Waals surface area (Å²) in [5, 5.41) is 0. The second-order valence-electron chi connectivity index (χ2n) is 5.07. The van der Waals surface area contributed by atoms with Gasteiger partial charge in [-0.3, -0.25) is 0 Å². The van der Waals surface area contributed by atoms with Crippen LogP contribution in [0.5, 0.6) is 0 Å². The average molecular weight is 263 g/mol. The number of aromatic nitrogens is 2. The van der Waals surface area contributed by atoms with Crippen molar-refractivity contribution in [1.29, 1.82) is 0 Å². The Kier molecular flexibility index (Phi) is 2.21. The van der Waals surface area contributed by atoms with E-state index in [-0.39, 0.29) is 5.95 Å². The van der Waals surface area contributed by atoms with Gasteiger partial charge >= 0.3 is 0 Å². The minimum absolute atomic E-state index is 0.282. The van der Waals surface area contributed by atoms with Gasteiger partial charge in [0.1, 0.15) is 5.69 Å². The first-order chi connectivity index (χ1) is 9.72. The predicted octanol–water partition coefficient (Wildman–Crippen LogP) is 3.20. The third-order valence-electron chi connectivity index (χ3n) is 3.67. The van der Waals surface area contributed by atoms with Gasteiger partial charge in [0.05, 0.1) is 12.0 Å². The Hall–Kier alpha value is -2.62. The zero-order valence-electron chi connectivity index (χ0n) is 11.1. The number of anilines is 1. The van der Waals surface area contributed by atoms with Gasteiger partial charge in [0, 0.05) is 17.5 Å². The number of fused-ring (bicyclic) bond motifs is 3. The molecular formula is C16H13N3O. The summed E-state index contributed by atoms with van der Waals surface area (Å²) >= 11 is 0. The van der Waals surface area contributed by atoms with Crippen molar-refractivity contribution in [3.63, 3.8) is 0 Å². The molecule has 4 nitrogen and oxygen atoms in total. The molecule has 2 aromatic heterocycles. The molecule has 4 heteroatoms. The first-order valence-corrected chi connectivity index (χ1v) is 6.52. The zero-order valence-corrected chi connectivity index (χ0v) is 11.1. The fourth-order valence-electron chi connectivity index (χ4n) is 2.76. The smallest absolute Gasteiger partial charge is 0.221 e. The number of hydrogen-bond acceptors (Lipinski definition) is 4. The van der Waals surface area contributed by atoms with Gasteiger partial charge in [0.15, 0.2) is 5.76 Å².